The lowest BCUT2D eigenvalue weighted by Crippen LogP contribution is -2.67. The summed E-state index contributed by atoms with van der Waals surface area (Å²) in [5, 5.41) is 0. The van der Waals surface area contributed by atoms with Gasteiger partial charge in [0.15, 0.2) is 5.41 Å². The van der Waals surface area contributed by atoms with Crippen LogP contribution in [0.4, 0.5) is 5.69 Å². The molecule has 1 aromatic rings. The third-order valence-electron chi connectivity index (χ3n) is 6.82. The third kappa shape index (κ3) is 2.36. The van der Waals surface area contributed by atoms with Crippen LogP contribution < -0.4 is 4.90 Å². The first-order valence-electron chi connectivity index (χ1n) is 9.65. The number of hydrogen-bond donors (Lipinski definition) is 0. The Morgan fingerprint density at radius 3 is 2.46 bits per heavy atom. The van der Waals surface area contributed by atoms with Gasteiger partial charge in [0.05, 0.1) is 20.3 Å². The van der Waals surface area contributed by atoms with Crippen molar-refractivity contribution < 1.29 is 19.1 Å². The molecule has 0 spiro atoms. The molecule has 4 rings (SSSR count). The predicted octanol–water partition coefficient (Wildman–Crippen LogP) is 2.96. The average molecular weight is 357 g/mol. The Balaban J connectivity index is 1.90. The van der Waals surface area contributed by atoms with Crippen molar-refractivity contribution in [2.24, 2.45) is 17.3 Å². The standard InChI is InChI=1S/C21H27NO4/c1-25-19(23)21(20(24)26-2)13-15-8-4-6-10-17(15)22-12-11-14-7-3-5-9-16(14)18(21)22/h4,6,8,10,14,16,18H,3,5,7,9,11-13H2,1-2H3/t14-,16-,18?/m0/s1. The van der Waals surface area contributed by atoms with Crippen molar-refractivity contribution in [2.75, 3.05) is 25.7 Å². The molecule has 26 heavy (non-hydrogen) atoms. The molecule has 1 aliphatic carbocycles. The summed E-state index contributed by atoms with van der Waals surface area (Å²) < 4.78 is 10.4. The highest BCUT2D eigenvalue weighted by Crippen LogP contribution is 2.53. The van der Waals surface area contributed by atoms with Gasteiger partial charge in [-0.05, 0) is 36.3 Å². The summed E-state index contributed by atoms with van der Waals surface area (Å²) in [4.78, 5) is 28.5. The van der Waals surface area contributed by atoms with Crippen LogP contribution in [0.5, 0.6) is 0 Å². The quantitative estimate of drug-likeness (QED) is 0.602. The first-order valence-corrected chi connectivity index (χ1v) is 9.65. The number of carbonyl (C=O) groups excluding carboxylic acids is 2. The highest BCUT2D eigenvalue weighted by atomic mass is 16.5. The van der Waals surface area contributed by atoms with E-state index >= 15 is 0 Å². The number of piperidine rings is 1. The van der Waals surface area contributed by atoms with E-state index in [1.54, 1.807) is 0 Å². The number of methoxy groups -OCH3 is 2. The Morgan fingerprint density at radius 1 is 1.04 bits per heavy atom. The van der Waals surface area contributed by atoms with Gasteiger partial charge in [0.25, 0.3) is 0 Å². The lowest BCUT2D eigenvalue weighted by atomic mass is 9.59. The minimum Gasteiger partial charge on any atom is -0.468 e. The molecule has 3 aliphatic rings. The number of esters is 2. The summed E-state index contributed by atoms with van der Waals surface area (Å²) in [6, 6.07) is 7.94. The molecule has 2 aliphatic heterocycles. The van der Waals surface area contributed by atoms with Crippen molar-refractivity contribution in [3.63, 3.8) is 0 Å². The largest absolute Gasteiger partial charge is 0.468 e. The third-order valence-corrected chi connectivity index (χ3v) is 6.82. The van der Waals surface area contributed by atoms with E-state index in [1.807, 2.05) is 18.2 Å². The fourth-order valence-electron chi connectivity index (χ4n) is 5.77. The van der Waals surface area contributed by atoms with Gasteiger partial charge in [-0.25, -0.2) is 0 Å². The van der Waals surface area contributed by atoms with E-state index in [0.717, 1.165) is 37.1 Å². The molecule has 0 radical (unpaired) electrons. The topological polar surface area (TPSA) is 55.8 Å². The van der Waals surface area contributed by atoms with Crippen molar-refractivity contribution in [1.82, 2.24) is 0 Å². The highest BCUT2D eigenvalue weighted by molar-refractivity contribution is 6.03. The normalized spacial score (nSPS) is 29.0. The maximum absolute atomic E-state index is 13.1. The van der Waals surface area contributed by atoms with Crippen LogP contribution in [0.15, 0.2) is 24.3 Å². The van der Waals surface area contributed by atoms with Gasteiger partial charge in [0, 0.05) is 18.7 Å². The molecule has 1 aromatic carbocycles. The first kappa shape index (κ1) is 17.4. The van der Waals surface area contributed by atoms with E-state index in [-0.39, 0.29) is 6.04 Å². The molecule has 3 atom stereocenters. The lowest BCUT2D eigenvalue weighted by Gasteiger charge is -2.56. The molecule has 1 saturated heterocycles. The van der Waals surface area contributed by atoms with E-state index < -0.39 is 17.4 Å². The van der Waals surface area contributed by atoms with Gasteiger partial charge >= 0.3 is 11.9 Å². The van der Waals surface area contributed by atoms with Crippen LogP contribution >= 0.6 is 0 Å². The van der Waals surface area contributed by atoms with Crippen LogP contribution in [0.25, 0.3) is 0 Å². The van der Waals surface area contributed by atoms with E-state index in [1.165, 1.54) is 27.1 Å². The second-order valence-electron chi connectivity index (χ2n) is 7.90. The van der Waals surface area contributed by atoms with Crippen molar-refractivity contribution in [2.45, 2.75) is 44.6 Å². The molecular weight excluding hydrogens is 330 g/mol. The fourth-order valence-corrected chi connectivity index (χ4v) is 5.77. The fraction of sp³-hybridized carbons (Fsp3) is 0.619. The van der Waals surface area contributed by atoms with Crippen molar-refractivity contribution in [1.29, 1.82) is 0 Å². The van der Waals surface area contributed by atoms with Gasteiger partial charge in [-0.2, -0.15) is 0 Å². The van der Waals surface area contributed by atoms with E-state index in [0.29, 0.717) is 18.3 Å². The van der Waals surface area contributed by atoms with Crippen LogP contribution in [-0.4, -0.2) is 38.7 Å². The number of hydrogen-bond acceptors (Lipinski definition) is 5. The average Bonchev–Trinajstić information content (AvgIpc) is 2.71. The summed E-state index contributed by atoms with van der Waals surface area (Å²) in [7, 11) is 2.75. The number of rotatable bonds is 2. The Bertz CT molecular complexity index is 700. The van der Waals surface area contributed by atoms with Gasteiger partial charge < -0.3 is 14.4 Å². The summed E-state index contributed by atoms with van der Waals surface area (Å²) in [5.41, 5.74) is 0.900. The first-order chi connectivity index (χ1) is 12.6. The van der Waals surface area contributed by atoms with Crippen LogP contribution in [0.3, 0.4) is 0 Å². The summed E-state index contributed by atoms with van der Waals surface area (Å²) in [6.07, 6.45) is 6.12. The van der Waals surface area contributed by atoms with Gasteiger partial charge in [-0.1, -0.05) is 37.5 Å². The zero-order valence-corrected chi connectivity index (χ0v) is 15.6. The number of benzene rings is 1. The van der Waals surface area contributed by atoms with Gasteiger partial charge in [-0.15, -0.1) is 0 Å². The molecular formula is C21H27NO4. The maximum atomic E-state index is 13.1. The maximum Gasteiger partial charge on any atom is 0.325 e. The van der Waals surface area contributed by atoms with E-state index in [9.17, 15) is 9.59 Å². The molecule has 2 fully saturated rings. The Morgan fingerprint density at radius 2 is 1.73 bits per heavy atom. The van der Waals surface area contributed by atoms with Gasteiger partial charge in [0.2, 0.25) is 0 Å². The number of ether oxygens (including phenoxy) is 2. The highest BCUT2D eigenvalue weighted by Gasteiger charge is 2.63. The Labute approximate surface area is 154 Å². The monoisotopic (exact) mass is 357 g/mol. The number of anilines is 1. The van der Waals surface area contributed by atoms with Crippen molar-refractivity contribution in [3.05, 3.63) is 29.8 Å². The lowest BCUT2D eigenvalue weighted by molar-refractivity contribution is -0.174. The van der Waals surface area contributed by atoms with Crippen LogP contribution in [0.1, 0.15) is 37.7 Å². The Kier molecular flexibility index (Phi) is 4.41. The second kappa shape index (κ2) is 6.60. The molecule has 1 saturated carbocycles. The smallest absolute Gasteiger partial charge is 0.325 e. The molecule has 0 N–H and O–H groups in total. The summed E-state index contributed by atoms with van der Waals surface area (Å²) in [6.45, 7) is 0.874. The number of carbonyl (C=O) groups is 2. The molecule has 140 valence electrons. The summed E-state index contributed by atoms with van der Waals surface area (Å²) >= 11 is 0. The van der Waals surface area contributed by atoms with Crippen LogP contribution in [0, 0.1) is 17.3 Å². The molecule has 0 bridgehead atoms. The second-order valence-corrected chi connectivity index (χ2v) is 7.90. The minimum atomic E-state index is -1.28. The molecule has 1 unspecified atom stereocenters. The number of nitrogens with zero attached hydrogens (tertiary/aromatic N) is 1. The molecule has 5 heteroatoms. The molecule has 5 nitrogen and oxygen atoms in total. The van der Waals surface area contributed by atoms with Crippen molar-refractivity contribution in [3.8, 4) is 0 Å². The summed E-state index contributed by atoms with van der Waals surface area (Å²) in [5.74, 6) is -0.0202. The van der Waals surface area contributed by atoms with E-state index in [2.05, 4.69) is 11.0 Å². The molecule has 0 amide bonds. The van der Waals surface area contributed by atoms with E-state index in [4.69, 9.17) is 9.47 Å². The van der Waals surface area contributed by atoms with Crippen LogP contribution in [0.2, 0.25) is 0 Å². The Hall–Kier alpha value is -2.04. The van der Waals surface area contributed by atoms with Crippen LogP contribution in [-0.2, 0) is 25.5 Å². The molecule has 2 heterocycles. The van der Waals surface area contributed by atoms with Gasteiger partial charge in [0.1, 0.15) is 0 Å². The van der Waals surface area contributed by atoms with Gasteiger partial charge in [-0.3, -0.25) is 9.59 Å². The predicted molar refractivity (Wildman–Crippen MR) is 97.8 cm³/mol. The zero-order valence-electron chi connectivity index (χ0n) is 15.6. The SMILES string of the molecule is COC(=O)C1(C(=O)OC)Cc2ccccc2N2CC[C@@H]3CCCC[C@@H]3C21. The number of fused-ring (bicyclic) bond motifs is 5. The number of para-hydroxylation sites is 1. The zero-order chi connectivity index (χ0) is 18.3. The van der Waals surface area contributed by atoms with Crippen molar-refractivity contribution >= 4 is 17.6 Å². The molecule has 0 aromatic heterocycles. The minimum absolute atomic E-state index is 0.184.